The molecule has 0 saturated carbocycles. The fraction of sp³-hybridized carbons (Fsp3) is 0.111. The third-order valence-electron chi connectivity index (χ3n) is 3.93. The number of nitrogens with one attached hydrogen (secondary N) is 1. The Balaban J connectivity index is 1.84. The molecule has 0 aliphatic carbocycles. The highest BCUT2D eigenvalue weighted by Gasteiger charge is 2.20. The molecule has 3 rings (SSSR count). The van der Waals surface area contributed by atoms with E-state index in [0.29, 0.717) is 5.69 Å². The molecule has 1 N–H and O–H groups in total. The van der Waals surface area contributed by atoms with Crippen molar-refractivity contribution >= 4 is 11.6 Å². The van der Waals surface area contributed by atoms with Crippen LogP contribution < -0.4 is 5.32 Å². The molecule has 26 heavy (non-hydrogen) atoms. The van der Waals surface area contributed by atoms with Crippen LogP contribution in [0.25, 0.3) is 5.69 Å². The number of amides is 1. The zero-order valence-electron chi connectivity index (χ0n) is 13.8. The maximum Gasteiger partial charge on any atom is 0.294 e. The molecule has 3 aromatic rings. The monoisotopic (exact) mass is 354 g/mol. The lowest BCUT2D eigenvalue weighted by atomic mass is 10.1. The second-order valence-corrected chi connectivity index (χ2v) is 5.68. The van der Waals surface area contributed by atoms with Crippen LogP contribution in [0.5, 0.6) is 0 Å². The molecule has 8 heteroatoms. The number of benzene rings is 2. The van der Waals surface area contributed by atoms with Crippen LogP contribution >= 0.6 is 0 Å². The summed E-state index contributed by atoms with van der Waals surface area (Å²) >= 11 is 0. The highest BCUT2D eigenvalue weighted by molar-refractivity contribution is 5.95. The molecule has 0 saturated heterocycles. The smallest absolute Gasteiger partial charge is 0.294 e. The van der Waals surface area contributed by atoms with E-state index < -0.39 is 10.8 Å². The van der Waals surface area contributed by atoms with Gasteiger partial charge in [-0.3, -0.25) is 14.9 Å². The van der Waals surface area contributed by atoms with Crippen LogP contribution in [-0.2, 0) is 0 Å². The summed E-state index contributed by atoms with van der Waals surface area (Å²) in [5.74, 6) is -0.819. The molecule has 0 spiro atoms. The maximum absolute atomic E-state index is 13.0. The first kappa shape index (κ1) is 17.3. The molecule has 0 aliphatic rings. The van der Waals surface area contributed by atoms with Crippen LogP contribution in [0, 0.1) is 15.9 Å². The number of halogens is 1. The van der Waals surface area contributed by atoms with E-state index in [1.54, 1.807) is 25.3 Å². The van der Waals surface area contributed by atoms with E-state index in [0.717, 1.165) is 5.56 Å². The van der Waals surface area contributed by atoms with Crippen LogP contribution in [0.2, 0.25) is 0 Å². The maximum atomic E-state index is 13.0. The summed E-state index contributed by atoms with van der Waals surface area (Å²) in [5.41, 5.74) is 1.000. The van der Waals surface area contributed by atoms with Gasteiger partial charge in [-0.15, -0.1) is 0 Å². The second-order valence-electron chi connectivity index (χ2n) is 5.68. The van der Waals surface area contributed by atoms with Gasteiger partial charge in [0, 0.05) is 24.0 Å². The van der Waals surface area contributed by atoms with Crippen LogP contribution in [-0.4, -0.2) is 20.4 Å². The molecule has 1 unspecified atom stereocenters. The van der Waals surface area contributed by atoms with Gasteiger partial charge < -0.3 is 9.88 Å². The number of imidazole rings is 1. The van der Waals surface area contributed by atoms with Gasteiger partial charge in [-0.2, -0.15) is 0 Å². The van der Waals surface area contributed by atoms with Gasteiger partial charge in [-0.05, 0) is 36.8 Å². The Kier molecular flexibility index (Phi) is 4.74. The number of rotatable bonds is 5. The van der Waals surface area contributed by atoms with E-state index >= 15 is 0 Å². The minimum absolute atomic E-state index is 0.162. The van der Waals surface area contributed by atoms with Crippen LogP contribution in [0.4, 0.5) is 10.1 Å². The zero-order chi connectivity index (χ0) is 18.7. The number of nitrogens with zero attached hydrogens (tertiary/aromatic N) is 3. The summed E-state index contributed by atoms with van der Waals surface area (Å²) in [6, 6.07) is 9.62. The Morgan fingerprint density at radius 1 is 1.27 bits per heavy atom. The van der Waals surface area contributed by atoms with Gasteiger partial charge in [0.05, 0.1) is 17.3 Å². The van der Waals surface area contributed by atoms with E-state index in [-0.39, 0.29) is 23.1 Å². The van der Waals surface area contributed by atoms with Crippen molar-refractivity contribution in [2.45, 2.75) is 13.0 Å². The Labute approximate surface area is 148 Å². The summed E-state index contributed by atoms with van der Waals surface area (Å²) in [4.78, 5) is 27.1. The van der Waals surface area contributed by atoms with Crippen molar-refractivity contribution in [2.24, 2.45) is 0 Å². The molecule has 1 aromatic heterocycles. The average Bonchev–Trinajstić information content (AvgIpc) is 3.16. The number of carbonyl (C=O) groups excluding carboxylic acids is 1. The Bertz CT molecular complexity index is 940. The molecule has 2 aromatic carbocycles. The Morgan fingerprint density at radius 2 is 2.00 bits per heavy atom. The standard InChI is InChI=1S/C18H15FN4O3/c1-12(13-2-5-15(19)6-3-13)21-18(24)14-4-7-16(17(10-14)23(25)26)22-9-8-20-11-22/h2-12H,1H3,(H,21,24). The fourth-order valence-electron chi connectivity index (χ4n) is 2.55. The average molecular weight is 354 g/mol. The van der Waals surface area contributed by atoms with E-state index in [1.807, 2.05) is 0 Å². The first-order chi connectivity index (χ1) is 12.5. The molecule has 132 valence electrons. The predicted octanol–water partition coefficient (Wildman–Crippen LogP) is 3.41. The van der Waals surface area contributed by atoms with Crippen molar-refractivity contribution < 1.29 is 14.1 Å². The zero-order valence-corrected chi connectivity index (χ0v) is 13.8. The molecule has 0 radical (unpaired) electrons. The van der Waals surface area contributed by atoms with Crippen LogP contribution in [0.1, 0.15) is 28.9 Å². The van der Waals surface area contributed by atoms with Crippen molar-refractivity contribution in [2.75, 3.05) is 0 Å². The van der Waals surface area contributed by atoms with Crippen molar-refractivity contribution in [1.82, 2.24) is 14.9 Å². The SMILES string of the molecule is CC(NC(=O)c1ccc(-n2ccnc2)c([N+](=O)[O-])c1)c1ccc(F)cc1. The van der Waals surface area contributed by atoms with Crippen LogP contribution in [0.3, 0.4) is 0 Å². The molecule has 1 amide bonds. The van der Waals surface area contributed by atoms with Crippen molar-refractivity contribution in [3.8, 4) is 5.69 Å². The second kappa shape index (κ2) is 7.14. The summed E-state index contributed by atoms with van der Waals surface area (Å²) in [7, 11) is 0. The molecular weight excluding hydrogens is 339 g/mol. The largest absolute Gasteiger partial charge is 0.346 e. The van der Waals surface area contributed by atoms with E-state index in [4.69, 9.17) is 0 Å². The summed E-state index contributed by atoms with van der Waals surface area (Å²) in [6.07, 6.45) is 4.53. The quantitative estimate of drug-likeness (QED) is 0.561. The number of carbonyl (C=O) groups is 1. The topological polar surface area (TPSA) is 90.1 Å². The Hall–Kier alpha value is -3.55. The molecular formula is C18H15FN4O3. The molecule has 0 fully saturated rings. The Morgan fingerprint density at radius 3 is 2.62 bits per heavy atom. The molecule has 7 nitrogen and oxygen atoms in total. The molecule has 1 heterocycles. The lowest BCUT2D eigenvalue weighted by Crippen LogP contribution is -2.26. The van der Waals surface area contributed by atoms with Crippen molar-refractivity contribution in [3.63, 3.8) is 0 Å². The van der Waals surface area contributed by atoms with E-state index in [2.05, 4.69) is 10.3 Å². The summed E-state index contributed by atoms with van der Waals surface area (Å²) in [6.45, 7) is 1.75. The van der Waals surface area contributed by atoms with Crippen LogP contribution in [0.15, 0.2) is 61.2 Å². The third kappa shape index (κ3) is 3.59. The van der Waals surface area contributed by atoms with E-state index in [1.165, 1.54) is 47.4 Å². The summed E-state index contributed by atoms with van der Waals surface area (Å²) in [5, 5.41) is 14.1. The molecule has 0 aliphatic heterocycles. The minimum Gasteiger partial charge on any atom is -0.346 e. The highest BCUT2D eigenvalue weighted by atomic mass is 19.1. The fourth-order valence-corrected chi connectivity index (χ4v) is 2.55. The van der Waals surface area contributed by atoms with Gasteiger partial charge in [0.15, 0.2) is 0 Å². The van der Waals surface area contributed by atoms with Gasteiger partial charge in [0.2, 0.25) is 0 Å². The predicted molar refractivity (Wildman–Crippen MR) is 92.5 cm³/mol. The number of hydrogen-bond acceptors (Lipinski definition) is 4. The van der Waals surface area contributed by atoms with E-state index in [9.17, 15) is 19.3 Å². The van der Waals surface area contributed by atoms with Gasteiger partial charge in [0.25, 0.3) is 11.6 Å². The lowest BCUT2D eigenvalue weighted by Gasteiger charge is -2.14. The van der Waals surface area contributed by atoms with Gasteiger partial charge in [-0.25, -0.2) is 9.37 Å². The molecule has 0 bridgehead atoms. The van der Waals surface area contributed by atoms with Crippen molar-refractivity contribution in [1.29, 1.82) is 0 Å². The third-order valence-corrected chi connectivity index (χ3v) is 3.93. The summed E-state index contributed by atoms with van der Waals surface area (Å²) < 4.78 is 14.5. The number of nitro groups is 1. The normalized spacial score (nSPS) is 11.8. The minimum atomic E-state index is -0.546. The number of hydrogen-bond donors (Lipinski definition) is 1. The number of aromatic nitrogens is 2. The van der Waals surface area contributed by atoms with Gasteiger partial charge >= 0.3 is 0 Å². The number of nitro benzene ring substituents is 1. The van der Waals surface area contributed by atoms with Gasteiger partial charge in [0.1, 0.15) is 11.5 Å². The lowest BCUT2D eigenvalue weighted by molar-refractivity contribution is -0.384. The molecule has 1 atom stereocenters. The first-order valence-electron chi connectivity index (χ1n) is 7.79. The first-order valence-corrected chi connectivity index (χ1v) is 7.79. The highest BCUT2D eigenvalue weighted by Crippen LogP contribution is 2.24. The van der Waals surface area contributed by atoms with Gasteiger partial charge in [-0.1, -0.05) is 12.1 Å². The van der Waals surface area contributed by atoms with Crippen molar-refractivity contribution in [3.05, 3.63) is 88.2 Å².